The fourth-order valence-electron chi connectivity index (χ4n) is 0.574. The normalized spacial score (nSPS) is 29.5. The maximum Gasteiger partial charge on any atom is 0.232 e. The summed E-state index contributed by atoms with van der Waals surface area (Å²) in [5.41, 5.74) is 0. The third-order valence-electron chi connectivity index (χ3n) is 0.944. The highest BCUT2D eigenvalue weighted by atomic mass is 32.2. The highest BCUT2D eigenvalue weighted by molar-refractivity contribution is 7.85. The Morgan fingerprint density at radius 2 is 2.38 bits per heavy atom. The summed E-state index contributed by atoms with van der Waals surface area (Å²) in [5.74, 6) is 0.723. The molecule has 1 aliphatic rings. The van der Waals surface area contributed by atoms with E-state index in [1.54, 1.807) is 0 Å². The zero-order valence-electron chi connectivity index (χ0n) is 4.35. The minimum absolute atomic E-state index is 0.0883. The van der Waals surface area contributed by atoms with Crippen LogP contribution in [0.25, 0.3) is 0 Å². The van der Waals surface area contributed by atoms with Crippen LogP contribution >= 0.6 is 0 Å². The Balaban J connectivity index is 2.45. The molecule has 1 N–H and O–H groups in total. The molecular weight excluding hydrogens is 126 g/mol. The van der Waals surface area contributed by atoms with Crippen LogP contribution < -0.4 is 5.32 Å². The molecule has 0 aliphatic carbocycles. The van der Waals surface area contributed by atoms with Gasteiger partial charge in [-0.25, -0.2) is 0 Å². The maximum atomic E-state index is 10.5. The van der Waals surface area contributed by atoms with Crippen molar-refractivity contribution in [3.05, 3.63) is 0 Å². The minimum Gasteiger partial charge on any atom is -0.354 e. The van der Waals surface area contributed by atoms with Crippen molar-refractivity contribution in [1.82, 2.24) is 5.32 Å². The number of carbonyl (C=O) groups is 1. The molecule has 0 spiro atoms. The first-order valence-electron chi connectivity index (χ1n) is 2.41. The Bertz CT molecular complexity index is 120. The molecule has 0 aromatic heterocycles. The summed E-state index contributed by atoms with van der Waals surface area (Å²) in [6.45, 7) is 0.575. The van der Waals surface area contributed by atoms with E-state index in [-0.39, 0.29) is 11.7 Å². The molecule has 0 saturated carbocycles. The van der Waals surface area contributed by atoms with Crippen LogP contribution in [0.1, 0.15) is 0 Å². The van der Waals surface area contributed by atoms with Gasteiger partial charge in [-0.3, -0.25) is 9.00 Å². The topological polar surface area (TPSA) is 46.2 Å². The van der Waals surface area contributed by atoms with Crippen LogP contribution in [0.4, 0.5) is 0 Å². The Morgan fingerprint density at radius 3 is 2.75 bits per heavy atom. The van der Waals surface area contributed by atoms with Crippen LogP contribution in [0.3, 0.4) is 0 Å². The van der Waals surface area contributed by atoms with Crippen LogP contribution in [-0.2, 0) is 15.6 Å². The Kier molecular flexibility index (Phi) is 1.62. The molecule has 4 heteroatoms. The van der Waals surface area contributed by atoms with Crippen molar-refractivity contribution in [2.24, 2.45) is 0 Å². The molecule has 1 heterocycles. The lowest BCUT2D eigenvalue weighted by atomic mass is 10.6. The molecule has 1 aliphatic heterocycles. The van der Waals surface area contributed by atoms with E-state index in [2.05, 4.69) is 5.32 Å². The van der Waals surface area contributed by atoms with E-state index in [4.69, 9.17) is 0 Å². The zero-order chi connectivity index (χ0) is 5.98. The van der Waals surface area contributed by atoms with Gasteiger partial charge in [-0.15, -0.1) is 0 Å². The molecule has 0 aromatic carbocycles. The second-order valence-electron chi connectivity index (χ2n) is 1.64. The van der Waals surface area contributed by atoms with E-state index in [1.807, 2.05) is 0 Å². The first kappa shape index (κ1) is 5.75. The smallest absolute Gasteiger partial charge is 0.232 e. The molecule has 0 bridgehead atoms. The number of rotatable bonds is 0. The van der Waals surface area contributed by atoms with Crippen molar-refractivity contribution in [3.8, 4) is 0 Å². The number of nitrogens with one attached hydrogen (secondary N) is 1. The van der Waals surface area contributed by atoms with Gasteiger partial charge in [0.2, 0.25) is 5.91 Å². The minimum atomic E-state index is -0.882. The number of hydrogen-bond donors (Lipinski definition) is 1. The molecule has 1 saturated heterocycles. The van der Waals surface area contributed by atoms with Gasteiger partial charge in [0.1, 0.15) is 5.75 Å². The second-order valence-corrected chi connectivity index (χ2v) is 3.21. The van der Waals surface area contributed by atoms with E-state index in [0.29, 0.717) is 12.3 Å². The van der Waals surface area contributed by atoms with Crippen LogP contribution in [0, 0.1) is 0 Å². The molecule has 1 atom stereocenters. The van der Waals surface area contributed by atoms with Gasteiger partial charge in [-0.2, -0.15) is 0 Å². The molecule has 1 fully saturated rings. The van der Waals surface area contributed by atoms with Crippen LogP contribution in [0.2, 0.25) is 0 Å². The highest BCUT2D eigenvalue weighted by Gasteiger charge is 2.12. The van der Waals surface area contributed by atoms with Gasteiger partial charge >= 0.3 is 0 Å². The molecule has 1 amide bonds. The summed E-state index contributed by atoms with van der Waals surface area (Å²) in [6.07, 6.45) is 0. The lowest BCUT2D eigenvalue weighted by molar-refractivity contribution is -0.118. The fourth-order valence-corrected chi connectivity index (χ4v) is 1.44. The van der Waals surface area contributed by atoms with Gasteiger partial charge in [-0.1, -0.05) is 0 Å². The average Bonchev–Trinajstić information content (AvgIpc) is 1.64. The monoisotopic (exact) mass is 133 g/mol. The molecule has 1 unspecified atom stereocenters. The van der Waals surface area contributed by atoms with Crippen molar-refractivity contribution in [2.75, 3.05) is 18.1 Å². The fraction of sp³-hybridized carbons (Fsp3) is 0.750. The first-order valence-corrected chi connectivity index (χ1v) is 3.89. The van der Waals surface area contributed by atoms with Crippen molar-refractivity contribution in [3.63, 3.8) is 0 Å². The van der Waals surface area contributed by atoms with Crippen LogP contribution in [0.5, 0.6) is 0 Å². The summed E-state index contributed by atoms with van der Waals surface area (Å²) < 4.78 is 10.5. The zero-order valence-corrected chi connectivity index (χ0v) is 5.16. The standard InChI is InChI=1S/C4H7NO2S/c6-4-3-8(7)2-1-5-4/h1-3H2,(H,5,6). The van der Waals surface area contributed by atoms with Crippen molar-refractivity contribution in [2.45, 2.75) is 0 Å². The van der Waals surface area contributed by atoms with E-state index >= 15 is 0 Å². The maximum absolute atomic E-state index is 10.5. The van der Waals surface area contributed by atoms with Gasteiger partial charge in [-0.05, 0) is 0 Å². The summed E-state index contributed by atoms with van der Waals surface area (Å²) in [7, 11) is -0.882. The Morgan fingerprint density at radius 1 is 1.62 bits per heavy atom. The quantitative estimate of drug-likeness (QED) is 0.454. The van der Waals surface area contributed by atoms with Crippen LogP contribution in [0.15, 0.2) is 0 Å². The predicted molar refractivity (Wildman–Crippen MR) is 30.9 cm³/mol. The van der Waals surface area contributed by atoms with Gasteiger partial charge < -0.3 is 5.32 Å². The van der Waals surface area contributed by atoms with Gasteiger partial charge in [0.15, 0.2) is 0 Å². The highest BCUT2D eigenvalue weighted by Crippen LogP contribution is 1.86. The summed E-state index contributed by atoms with van der Waals surface area (Å²) in [6, 6.07) is 0. The number of amides is 1. The number of hydrogen-bond acceptors (Lipinski definition) is 2. The van der Waals surface area contributed by atoms with Crippen molar-refractivity contribution < 1.29 is 9.00 Å². The van der Waals surface area contributed by atoms with Gasteiger partial charge in [0.05, 0.1) is 0 Å². The third kappa shape index (κ3) is 1.30. The predicted octanol–water partition coefficient (Wildman–Crippen LogP) is -1.14. The summed E-state index contributed by atoms with van der Waals surface area (Å²) in [4.78, 5) is 10.4. The Hall–Kier alpha value is -0.380. The second kappa shape index (κ2) is 2.26. The van der Waals surface area contributed by atoms with Gasteiger partial charge in [0.25, 0.3) is 0 Å². The average molecular weight is 133 g/mol. The lowest BCUT2D eigenvalue weighted by Gasteiger charge is -2.09. The molecule has 3 nitrogen and oxygen atoms in total. The molecular formula is C4H7NO2S. The third-order valence-corrected chi connectivity index (χ3v) is 2.19. The van der Waals surface area contributed by atoms with Crippen LogP contribution in [-0.4, -0.2) is 28.2 Å². The number of carbonyl (C=O) groups excluding carboxylic acids is 1. The molecule has 0 aromatic rings. The summed E-state index contributed by atoms with van der Waals surface area (Å²) in [5, 5.41) is 2.58. The molecule has 1 rings (SSSR count). The van der Waals surface area contributed by atoms with E-state index in [0.717, 1.165) is 0 Å². The SMILES string of the molecule is O=C1CS(=O)CCN1. The summed E-state index contributed by atoms with van der Waals surface area (Å²) >= 11 is 0. The molecule has 8 heavy (non-hydrogen) atoms. The van der Waals surface area contributed by atoms with Gasteiger partial charge in [0, 0.05) is 23.1 Å². The largest absolute Gasteiger partial charge is 0.354 e. The lowest BCUT2D eigenvalue weighted by Crippen LogP contribution is -2.38. The van der Waals surface area contributed by atoms with E-state index in [9.17, 15) is 9.00 Å². The molecule has 0 radical (unpaired) electrons. The van der Waals surface area contributed by atoms with Crippen molar-refractivity contribution >= 4 is 16.7 Å². The van der Waals surface area contributed by atoms with E-state index < -0.39 is 10.8 Å². The van der Waals surface area contributed by atoms with Crippen molar-refractivity contribution in [1.29, 1.82) is 0 Å². The Labute approximate surface area is 49.9 Å². The first-order chi connectivity index (χ1) is 3.79. The molecule has 46 valence electrons. The van der Waals surface area contributed by atoms with E-state index in [1.165, 1.54) is 0 Å².